The maximum absolute atomic E-state index is 10.2. The number of benzene rings is 1. The lowest BCUT2D eigenvalue weighted by Gasteiger charge is -1.95. The predicted octanol–water partition coefficient (Wildman–Crippen LogP) is 0.906. The second-order valence-corrected chi connectivity index (χ2v) is 2.15. The van der Waals surface area contributed by atoms with Crippen LogP contribution in [0.4, 0.5) is 5.69 Å². The molecule has 0 bridgehead atoms. The third-order valence-electron chi connectivity index (χ3n) is 1.23. The van der Waals surface area contributed by atoms with Crippen molar-refractivity contribution in [2.75, 3.05) is 5.73 Å². The van der Waals surface area contributed by atoms with E-state index >= 15 is 0 Å². The number of carbonyl (C=O) groups is 1. The van der Waals surface area contributed by atoms with Gasteiger partial charge in [0.2, 0.25) is 0 Å². The average Bonchev–Trinajstić information content (AvgIpc) is 1.93. The Morgan fingerprint density at radius 2 is 1.91 bits per heavy atom. The Kier molecular flexibility index (Phi) is 2.11. The monoisotopic (exact) mass is 150 g/mol. The summed E-state index contributed by atoms with van der Waals surface area (Å²) in [6.07, 6.45) is 1.12. The Bertz CT molecular complexity index is 253. The summed E-state index contributed by atoms with van der Waals surface area (Å²) in [6, 6.07) is 6.64. The topological polar surface area (TPSA) is 63.3 Å². The van der Waals surface area contributed by atoms with Crippen molar-refractivity contribution in [1.29, 1.82) is 0 Å². The fraction of sp³-hybridized carbons (Fsp3) is 0. The molecule has 3 nitrogen and oxygen atoms in total. The molecule has 1 rings (SSSR count). The molecule has 0 atom stereocenters. The quantitative estimate of drug-likeness (QED) is 0.616. The molecule has 0 aromatic heterocycles. The van der Waals surface area contributed by atoms with Crippen LogP contribution in [0.2, 0.25) is 0 Å². The molecule has 0 spiro atoms. The van der Waals surface area contributed by atoms with E-state index in [4.69, 9.17) is 10.8 Å². The molecule has 0 fully saturated rings. The molecule has 0 aliphatic rings. The fourth-order valence-electron chi connectivity index (χ4n) is 0.735. The molecule has 0 aliphatic heterocycles. The van der Waals surface area contributed by atoms with Crippen LogP contribution in [0.25, 0.3) is 0 Å². The molecule has 57 valence electrons. The van der Waals surface area contributed by atoms with Gasteiger partial charge in [-0.3, -0.25) is 4.79 Å². The number of carboxylic acid groups (broad SMARTS) is 1. The molecule has 3 heteroatoms. The van der Waals surface area contributed by atoms with Crippen molar-refractivity contribution < 1.29 is 9.90 Å². The summed E-state index contributed by atoms with van der Waals surface area (Å²) in [5, 5.41) is 8.35. The van der Waals surface area contributed by atoms with Gasteiger partial charge in [0, 0.05) is 5.69 Å². The Hall–Kier alpha value is -1.51. The number of aliphatic carboxylic acids is 1. The standard InChI is InChI=1S/C8H8NO2/c9-7-3-1-6(2-4-7)5-8(10)11/h1-5H,9H2,(H,10,11). The highest BCUT2D eigenvalue weighted by Crippen LogP contribution is 2.06. The van der Waals surface area contributed by atoms with Gasteiger partial charge >= 0.3 is 5.97 Å². The summed E-state index contributed by atoms with van der Waals surface area (Å²) in [7, 11) is 0. The minimum atomic E-state index is -0.949. The van der Waals surface area contributed by atoms with Gasteiger partial charge in [-0.05, 0) is 17.7 Å². The van der Waals surface area contributed by atoms with Crippen LogP contribution in [0.5, 0.6) is 0 Å². The molecule has 0 aliphatic carbocycles. The predicted molar refractivity (Wildman–Crippen MR) is 41.9 cm³/mol. The molecule has 0 saturated carbocycles. The molecular weight excluding hydrogens is 142 g/mol. The highest BCUT2D eigenvalue weighted by Gasteiger charge is 1.98. The van der Waals surface area contributed by atoms with Crippen molar-refractivity contribution >= 4 is 11.7 Å². The first-order valence-electron chi connectivity index (χ1n) is 3.12. The van der Waals surface area contributed by atoms with Crippen LogP contribution in [0.3, 0.4) is 0 Å². The Balaban J connectivity index is 2.74. The van der Waals surface area contributed by atoms with Crippen LogP contribution in [0.1, 0.15) is 5.56 Å². The lowest BCUT2D eigenvalue weighted by molar-refractivity contribution is -0.132. The van der Waals surface area contributed by atoms with Crippen LogP contribution in [-0.4, -0.2) is 11.1 Å². The first kappa shape index (κ1) is 7.60. The molecular formula is C8H8NO2. The number of hydrogen-bond acceptors (Lipinski definition) is 2. The van der Waals surface area contributed by atoms with E-state index in [1.165, 1.54) is 0 Å². The lowest BCUT2D eigenvalue weighted by atomic mass is 10.1. The highest BCUT2D eigenvalue weighted by molar-refractivity contribution is 5.81. The Labute approximate surface area is 64.5 Å². The third-order valence-corrected chi connectivity index (χ3v) is 1.23. The largest absolute Gasteiger partial charge is 0.481 e. The van der Waals surface area contributed by atoms with E-state index in [0.29, 0.717) is 11.3 Å². The first-order chi connectivity index (χ1) is 5.18. The summed E-state index contributed by atoms with van der Waals surface area (Å²) in [6.45, 7) is 0. The van der Waals surface area contributed by atoms with Crippen molar-refractivity contribution in [3.63, 3.8) is 0 Å². The van der Waals surface area contributed by atoms with E-state index in [-0.39, 0.29) is 0 Å². The minimum absolute atomic E-state index is 0.632. The first-order valence-corrected chi connectivity index (χ1v) is 3.12. The van der Waals surface area contributed by atoms with E-state index in [1.807, 2.05) is 0 Å². The number of hydrogen-bond donors (Lipinski definition) is 2. The second-order valence-electron chi connectivity index (χ2n) is 2.15. The number of anilines is 1. The number of nitrogens with two attached hydrogens (primary N) is 1. The zero-order valence-corrected chi connectivity index (χ0v) is 5.82. The van der Waals surface area contributed by atoms with Gasteiger partial charge < -0.3 is 10.8 Å². The third kappa shape index (κ3) is 2.29. The summed E-state index contributed by atoms with van der Waals surface area (Å²) < 4.78 is 0. The maximum Gasteiger partial charge on any atom is 0.312 e. The molecule has 11 heavy (non-hydrogen) atoms. The Morgan fingerprint density at radius 1 is 1.36 bits per heavy atom. The van der Waals surface area contributed by atoms with Gasteiger partial charge in [-0.25, -0.2) is 0 Å². The summed E-state index contributed by atoms with van der Waals surface area (Å²) in [5.41, 5.74) is 6.67. The van der Waals surface area contributed by atoms with Gasteiger partial charge in [0.25, 0.3) is 0 Å². The number of nitrogen functional groups attached to an aromatic ring is 1. The van der Waals surface area contributed by atoms with Gasteiger partial charge in [-0.15, -0.1) is 0 Å². The van der Waals surface area contributed by atoms with E-state index in [9.17, 15) is 4.79 Å². The lowest BCUT2D eigenvalue weighted by Crippen LogP contribution is -1.96. The van der Waals surface area contributed by atoms with Crippen LogP contribution >= 0.6 is 0 Å². The zero-order chi connectivity index (χ0) is 8.27. The van der Waals surface area contributed by atoms with Crippen LogP contribution in [-0.2, 0) is 4.79 Å². The molecule has 0 unspecified atom stereocenters. The minimum Gasteiger partial charge on any atom is -0.481 e. The van der Waals surface area contributed by atoms with E-state index in [1.54, 1.807) is 24.3 Å². The zero-order valence-electron chi connectivity index (χ0n) is 5.82. The van der Waals surface area contributed by atoms with E-state index < -0.39 is 5.97 Å². The molecule has 0 heterocycles. The van der Waals surface area contributed by atoms with Crippen LogP contribution in [0, 0.1) is 6.42 Å². The fourth-order valence-corrected chi connectivity index (χ4v) is 0.735. The van der Waals surface area contributed by atoms with Gasteiger partial charge in [0.15, 0.2) is 0 Å². The number of carboxylic acids is 1. The highest BCUT2D eigenvalue weighted by atomic mass is 16.4. The van der Waals surface area contributed by atoms with Crippen LogP contribution < -0.4 is 5.73 Å². The molecule has 3 N–H and O–H groups in total. The Morgan fingerprint density at radius 3 is 2.36 bits per heavy atom. The molecule has 1 aromatic carbocycles. The van der Waals surface area contributed by atoms with Gasteiger partial charge in [0.05, 0.1) is 6.42 Å². The summed E-state index contributed by atoms with van der Waals surface area (Å²) in [4.78, 5) is 10.2. The van der Waals surface area contributed by atoms with Gasteiger partial charge in [-0.1, -0.05) is 12.1 Å². The van der Waals surface area contributed by atoms with Crippen molar-refractivity contribution in [3.8, 4) is 0 Å². The van der Waals surface area contributed by atoms with Crippen molar-refractivity contribution in [3.05, 3.63) is 36.2 Å². The average molecular weight is 150 g/mol. The maximum atomic E-state index is 10.2. The van der Waals surface area contributed by atoms with Crippen molar-refractivity contribution in [2.45, 2.75) is 0 Å². The van der Waals surface area contributed by atoms with Crippen LogP contribution in [0.15, 0.2) is 24.3 Å². The smallest absolute Gasteiger partial charge is 0.312 e. The van der Waals surface area contributed by atoms with E-state index in [2.05, 4.69) is 0 Å². The summed E-state index contributed by atoms with van der Waals surface area (Å²) in [5.74, 6) is -0.949. The van der Waals surface area contributed by atoms with E-state index in [0.717, 1.165) is 6.42 Å². The second kappa shape index (κ2) is 3.05. The molecule has 1 radical (unpaired) electrons. The van der Waals surface area contributed by atoms with Crippen molar-refractivity contribution in [2.24, 2.45) is 0 Å². The van der Waals surface area contributed by atoms with Crippen molar-refractivity contribution in [1.82, 2.24) is 0 Å². The summed E-state index contributed by atoms with van der Waals surface area (Å²) >= 11 is 0. The molecule has 0 amide bonds. The van der Waals surface area contributed by atoms with Gasteiger partial charge in [-0.2, -0.15) is 0 Å². The SMILES string of the molecule is Nc1ccc([CH]C(=O)O)cc1. The van der Waals surface area contributed by atoms with Gasteiger partial charge in [0.1, 0.15) is 0 Å². The molecule has 1 aromatic rings. The normalized spacial score (nSPS) is 9.45. The number of rotatable bonds is 2. The molecule has 0 saturated heterocycles.